The van der Waals surface area contributed by atoms with Crippen LogP contribution in [-0.4, -0.2) is 60.2 Å². The maximum absolute atomic E-state index is 6.07. The van der Waals surface area contributed by atoms with Crippen molar-refractivity contribution in [3.8, 4) is 0 Å². The minimum absolute atomic E-state index is 0. The zero-order chi connectivity index (χ0) is 19.1. The number of nitrogens with zero attached hydrogens (tertiary/aromatic N) is 4. The van der Waals surface area contributed by atoms with E-state index in [1.165, 1.54) is 0 Å². The first kappa shape index (κ1) is 23.3. The van der Waals surface area contributed by atoms with E-state index in [0.717, 1.165) is 62.9 Å². The van der Waals surface area contributed by atoms with Gasteiger partial charge in [-0.25, -0.2) is 0 Å². The molecule has 154 valence electrons. The molecule has 0 saturated carbocycles. The van der Waals surface area contributed by atoms with Crippen molar-refractivity contribution in [2.45, 2.75) is 19.9 Å². The Morgan fingerprint density at radius 2 is 1.89 bits per heavy atom. The highest BCUT2D eigenvalue weighted by atomic mass is 127. The molecule has 3 rings (SSSR count). The van der Waals surface area contributed by atoms with Gasteiger partial charge in [-0.05, 0) is 37.1 Å². The fourth-order valence-electron chi connectivity index (χ4n) is 3.14. The predicted octanol–water partition coefficient (Wildman–Crippen LogP) is 3.93. The molecule has 1 aromatic carbocycles. The summed E-state index contributed by atoms with van der Waals surface area (Å²) in [6.45, 7) is 8.28. The van der Waals surface area contributed by atoms with E-state index in [1.54, 1.807) is 12.3 Å². The molecular formula is C19H26Cl2IN5O. The van der Waals surface area contributed by atoms with E-state index in [2.05, 4.69) is 27.2 Å². The third-order valence-electron chi connectivity index (χ3n) is 4.47. The summed E-state index contributed by atoms with van der Waals surface area (Å²) in [7, 11) is 0. The van der Waals surface area contributed by atoms with Gasteiger partial charge in [0.2, 0.25) is 0 Å². The summed E-state index contributed by atoms with van der Waals surface area (Å²) >= 11 is 12.1. The lowest BCUT2D eigenvalue weighted by molar-refractivity contribution is 0.169. The molecule has 0 aliphatic carbocycles. The lowest BCUT2D eigenvalue weighted by Crippen LogP contribution is -2.52. The third kappa shape index (κ3) is 7.09. The Morgan fingerprint density at radius 1 is 1.18 bits per heavy atom. The summed E-state index contributed by atoms with van der Waals surface area (Å²) in [5.41, 5.74) is 2.08. The molecule has 1 N–H and O–H groups in total. The molecule has 1 aromatic heterocycles. The van der Waals surface area contributed by atoms with Crippen LogP contribution >= 0.6 is 47.2 Å². The van der Waals surface area contributed by atoms with E-state index >= 15 is 0 Å². The fraction of sp³-hybridized carbons (Fsp3) is 0.474. The SMILES string of the molecule is CCNC(=NCCc1cc(Cl)cc(Cl)c1)N1CCN(Cc2ccon2)CC1.I. The van der Waals surface area contributed by atoms with Crippen LogP contribution in [0.15, 0.2) is 40.0 Å². The van der Waals surface area contributed by atoms with Gasteiger partial charge in [-0.1, -0.05) is 28.4 Å². The van der Waals surface area contributed by atoms with Gasteiger partial charge < -0.3 is 14.7 Å². The Hall–Kier alpha value is -1.03. The van der Waals surface area contributed by atoms with E-state index in [-0.39, 0.29) is 24.0 Å². The molecule has 1 saturated heterocycles. The summed E-state index contributed by atoms with van der Waals surface area (Å²) in [5, 5.41) is 8.72. The Bertz CT molecular complexity index is 729. The lowest BCUT2D eigenvalue weighted by atomic mass is 10.1. The Balaban J connectivity index is 0.00000280. The number of halogens is 3. The Morgan fingerprint density at radius 3 is 2.50 bits per heavy atom. The van der Waals surface area contributed by atoms with Crippen LogP contribution in [0.5, 0.6) is 0 Å². The van der Waals surface area contributed by atoms with Crippen LogP contribution < -0.4 is 5.32 Å². The maximum Gasteiger partial charge on any atom is 0.194 e. The molecule has 1 aliphatic heterocycles. The summed E-state index contributed by atoms with van der Waals surface area (Å²) < 4.78 is 4.91. The predicted molar refractivity (Wildman–Crippen MR) is 125 cm³/mol. The number of aliphatic imine (C=N–C) groups is 1. The minimum atomic E-state index is 0. The molecular weight excluding hydrogens is 512 g/mol. The average molecular weight is 538 g/mol. The summed E-state index contributed by atoms with van der Waals surface area (Å²) in [6, 6.07) is 7.55. The number of hydrogen-bond acceptors (Lipinski definition) is 4. The molecule has 6 nitrogen and oxygen atoms in total. The van der Waals surface area contributed by atoms with Crippen LogP contribution in [0, 0.1) is 0 Å². The van der Waals surface area contributed by atoms with Gasteiger partial charge in [-0.3, -0.25) is 9.89 Å². The Kier molecular flexibility index (Phi) is 9.84. The third-order valence-corrected chi connectivity index (χ3v) is 4.90. The molecule has 28 heavy (non-hydrogen) atoms. The average Bonchev–Trinajstić information content (AvgIpc) is 3.14. The van der Waals surface area contributed by atoms with Crippen LogP contribution in [0.4, 0.5) is 0 Å². The van der Waals surface area contributed by atoms with E-state index in [1.807, 2.05) is 18.2 Å². The highest BCUT2D eigenvalue weighted by molar-refractivity contribution is 14.0. The summed E-state index contributed by atoms with van der Waals surface area (Å²) in [5.74, 6) is 0.965. The largest absolute Gasteiger partial charge is 0.364 e. The van der Waals surface area contributed by atoms with Crippen molar-refractivity contribution < 1.29 is 4.52 Å². The van der Waals surface area contributed by atoms with Gasteiger partial charge in [0.15, 0.2) is 5.96 Å². The molecule has 0 bridgehead atoms. The molecule has 0 spiro atoms. The van der Waals surface area contributed by atoms with Crippen molar-refractivity contribution in [1.82, 2.24) is 20.3 Å². The van der Waals surface area contributed by atoms with Crippen molar-refractivity contribution in [2.75, 3.05) is 39.3 Å². The minimum Gasteiger partial charge on any atom is -0.364 e. The normalized spacial score (nSPS) is 15.4. The monoisotopic (exact) mass is 537 g/mol. The second kappa shape index (κ2) is 11.8. The summed E-state index contributed by atoms with van der Waals surface area (Å²) in [6.07, 6.45) is 2.43. The molecule has 2 aromatic rings. The van der Waals surface area contributed by atoms with Crippen molar-refractivity contribution >= 4 is 53.1 Å². The topological polar surface area (TPSA) is 56.9 Å². The molecule has 1 aliphatic rings. The standard InChI is InChI=1S/C19H25Cl2N5O.HI/c1-2-22-19(23-5-3-15-11-16(20)13-17(21)12-15)26-8-6-25(7-9-26)14-18-4-10-27-24-18;/h4,10-13H,2-3,5-9,14H2,1H3,(H,22,23);1H. The van der Waals surface area contributed by atoms with Gasteiger partial charge in [0, 0.05) is 61.9 Å². The molecule has 0 atom stereocenters. The van der Waals surface area contributed by atoms with Crippen LogP contribution in [0.2, 0.25) is 10.0 Å². The zero-order valence-electron chi connectivity index (χ0n) is 15.9. The van der Waals surface area contributed by atoms with Crippen molar-refractivity contribution in [3.05, 3.63) is 51.8 Å². The highest BCUT2D eigenvalue weighted by Gasteiger charge is 2.20. The molecule has 9 heteroatoms. The first-order chi connectivity index (χ1) is 13.1. The second-order valence-corrected chi connectivity index (χ2v) is 7.39. The van der Waals surface area contributed by atoms with Gasteiger partial charge in [-0.15, -0.1) is 24.0 Å². The first-order valence-electron chi connectivity index (χ1n) is 9.24. The van der Waals surface area contributed by atoms with Gasteiger partial charge in [0.25, 0.3) is 0 Å². The van der Waals surface area contributed by atoms with E-state index in [0.29, 0.717) is 16.6 Å². The number of benzene rings is 1. The Labute approximate surface area is 193 Å². The molecule has 0 unspecified atom stereocenters. The molecule has 0 radical (unpaired) electrons. The number of nitrogens with one attached hydrogen (secondary N) is 1. The van der Waals surface area contributed by atoms with Crippen molar-refractivity contribution in [3.63, 3.8) is 0 Å². The maximum atomic E-state index is 6.07. The first-order valence-corrected chi connectivity index (χ1v) is 9.99. The van der Waals surface area contributed by atoms with E-state index < -0.39 is 0 Å². The van der Waals surface area contributed by atoms with Crippen LogP contribution in [0.3, 0.4) is 0 Å². The van der Waals surface area contributed by atoms with E-state index in [4.69, 9.17) is 32.7 Å². The number of guanidine groups is 1. The number of piperazine rings is 1. The number of rotatable bonds is 6. The summed E-state index contributed by atoms with van der Waals surface area (Å²) in [4.78, 5) is 9.49. The zero-order valence-corrected chi connectivity index (χ0v) is 19.7. The molecule has 2 heterocycles. The van der Waals surface area contributed by atoms with E-state index in [9.17, 15) is 0 Å². The quantitative estimate of drug-likeness (QED) is 0.344. The van der Waals surface area contributed by atoms with Gasteiger partial charge in [0.05, 0.1) is 5.69 Å². The lowest BCUT2D eigenvalue weighted by Gasteiger charge is -2.36. The van der Waals surface area contributed by atoms with Gasteiger partial charge in [0.1, 0.15) is 6.26 Å². The van der Waals surface area contributed by atoms with Crippen molar-refractivity contribution in [2.24, 2.45) is 4.99 Å². The number of hydrogen-bond donors (Lipinski definition) is 1. The smallest absolute Gasteiger partial charge is 0.194 e. The van der Waals surface area contributed by atoms with Gasteiger partial charge in [-0.2, -0.15) is 0 Å². The molecule has 0 amide bonds. The van der Waals surface area contributed by atoms with Crippen molar-refractivity contribution in [1.29, 1.82) is 0 Å². The molecule has 1 fully saturated rings. The fourth-order valence-corrected chi connectivity index (χ4v) is 3.71. The van der Waals surface area contributed by atoms with Crippen LogP contribution in [-0.2, 0) is 13.0 Å². The second-order valence-electron chi connectivity index (χ2n) is 6.52. The highest BCUT2D eigenvalue weighted by Crippen LogP contribution is 2.19. The van der Waals surface area contributed by atoms with Crippen LogP contribution in [0.25, 0.3) is 0 Å². The van der Waals surface area contributed by atoms with Crippen LogP contribution in [0.1, 0.15) is 18.2 Å². The van der Waals surface area contributed by atoms with Gasteiger partial charge >= 0.3 is 0 Å². The number of aromatic nitrogens is 1.